The first-order valence-electron chi connectivity index (χ1n) is 9.97. The molecule has 3 aromatic carbocycles. The van der Waals surface area contributed by atoms with Crippen LogP contribution in [-0.2, 0) is 17.9 Å². The summed E-state index contributed by atoms with van der Waals surface area (Å²) in [6.07, 6.45) is 1.60. The maximum Gasteiger partial charge on any atom is 0.293 e. The van der Waals surface area contributed by atoms with Gasteiger partial charge >= 0.3 is 0 Å². The molecule has 1 aliphatic rings. The lowest BCUT2D eigenvalue weighted by molar-refractivity contribution is -0.123. The first-order valence-corrected chi connectivity index (χ1v) is 11.9. The smallest absolute Gasteiger partial charge is 0.293 e. The molecule has 0 aliphatic carbocycles. The maximum absolute atomic E-state index is 12.8. The van der Waals surface area contributed by atoms with Crippen LogP contribution in [0.15, 0.2) is 65.6 Å². The zero-order valence-corrected chi connectivity index (χ0v) is 20.6. The summed E-state index contributed by atoms with van der Waals surface area (Å²) in [7, 11) is 0. The second-order valence-electron chi connectivity index (χ2n) is 7.49. The number of benzene rings is 3. The molecule has 0 N–H and O–H groups in total. The zero-order chi connectivity index (χ0) is 23.5. The fourth-order valence-corrected chi connectivity index (χ4v) is 5.03. The van der Waals surface area contributed by atoms with Crippen molar-refractivity contribution in [3.05, 3.63) is 103 Å². The Morgan fingerprint density at radius 2 is 1.64 bits per heavy atom. The molecule has 33 heavy (non-hydrogen) atoms. The van der Waals surface area contributed by atoms with Gasteiger partial charge in [-0.3, -0.25) is 14.5 Å². The summed E-state index contributed by atoms with van der Waals surface area (Å²) in [5.41, 5.74) is 3.50. The minimum absolute atomic E-state index is 0.149. The summed E-state index contributed by atoms with van der Waals surface area (Å²) in [5, 5.41) is 0.838. The van der Waals surface area contributed by atoms with Crippen molar-refractivity contribution in [3.63, 3.8) is 0 Å². The molecule has 0 unspecified atom stereocenters. The first kappa shape index (κ1) is 23.7. The molecule has 0 saturated carbocycles. The van der Waals surface area contributed by atoms with E-state index in [2.05, 4.69) is 0 Å². The minimum atomic E-state index is -0.378. The highest BCUT2D eigenvalue weighted by molar-refractivity contribution is 8.18. The molecule has 3 aromatic rings. The highest BCUT2D eigenvalue weighted by Crippen LogP contribution is 2.38. The highest BCUT2D eigenvalue weighted by atomic mass is 35.5. The largest absolute Gasteiger partial charge is 0.486 e. The number of hydrogen-bond acceptors (Lipinski definition) is 4. The number of halogens is 3. The molecule has 0 aromatic heterocycles. The summed E-state index contributed by atoms with van der Waals surface area (Å²) in [6.45, 7) is 2.48. The molecule has 2 amide bonds. The molecule has 168 valence electrons. The zero-order valence-electron chi connectivity index (χ0n) is 17.5. The van der Waals surface area contributed by atoms with Crippen molar-refractivity contribution >= 4 is 63.8 Å². The van der Waals surface area contributed by atoms with Gasteiger partial charge in [0.25, 0.3) is 11.1 Å². The van der Waals surface area contributed by atoms with E-state index in [1.165, 1.54) is 4.90 Å². The van der Waals surface area contributed by atoms with Crippen LogP contribution in [0.2, 0.25) is 15.1 Å². The van der Waals surface area contributed by atoms with Gasteiger partial charge in [0.15, 0.2) is 5.75 Å². The number of amides is 2. The van der Waals surface area contributed by atoms with Gasteiger partial charge in [-0.15, -0.1) is 0 Å². The molecule has 0 radical (unpaired) electrons. The second-order valence-corrected chi connectivity index (χ2v) is 9.73. The summed E-state index contributed by atoms with van der Waals surface area (Å²) in [5.74, 6) is -0.0111. The molecule has 4 rings (SSSR count). The van der Waals surface area contributed by atoms with Crippen molar-refractivity contribution in [1.29, 1.82) is 0 Å². The van der Waals surface area contributed by atoms with E-state index in [4.69, 9.17) is 39.5 Å². The normalized spacial score (nSPS) is 14.9. The van der Waals surface area contributed by atoms with E-state index in [-0.39, 0.29) is 17.7 Å². The molecule has 1 aliphatic heterocycles. The Kier molecular flexibility index (Phi) is 7.35. The molecule has 1 heterocycles. The Hall–Kier alpha value is -2.44. The van der Waals surface area contributed by atoms with Crippen molar-refractivity contribution < 1.29 is 14.3 Å². The van der Waals surface area contributed by atoms with Gasteiger partial charge in [0, 0.05) is 5.02 Å². The van der Waals surface area contributed by atoms with Crippen LogP contribution in [0.4, 0.5) is 4.79 Å². The van der Waals surface area contributed by atoms with E-state index in [0.717, 1.165) is 28.5 Å². The fourth-order valence-electron chi connectivity index (χ4n) is 3.36. The second kappa shape index (κ2) is 10.2. The van der Waals surface area contributed by atoms with Gasteiger partial charge < -0.3 is 4.74 Å². The van der Waals surface area contributed by atoms with Gasteiger partial charge in [-0.05, 0) is 65.7 Å². The number of nitrogens with zero attached hydrogens (tertiary/aromatic N) is 1. The van der Waals surface area contributed by atoms with Crippen molar-refractivity contribution in [2.75, 3.05) is 0 Å². The Balaban J connectivity index is 1.50. The predicted octanol–water partition coefficient (Wildman–Crippen LogP) is 7.77. The number of ether oxygens (including phenoxy) is 1. The lowest BCUT2D eigenvalue weighted by Crippen LogP contribution is -2.27. The van der Waals surface area contributed by atoms with Crippen LogP contribution in [0.1, 0.15) is 22.3 Å². The number of rotatable bonds is 6. The molecule has 1 saturated heterocycles. The highest BCUT2D eigenvalue weighted by Gasteiger charge is 2.35. The molecule has 4 nitrogen and oxygen atoms in total. The van der Waals surface area contributed by atoms with Crippen molar-refractivity contribution in [2.45, 2.75) is 20.1 Å². The minimum Gasteiger partial charge on any atom is -0.486 e. The van der Waals surface area contributed by atoms with E-state index in [0.29, 0.717) is 37.9 Å². The van der Waals surface area contributed by atoms with Crippen LogP contribution < -0.4 is 4.74 Å². The van der Waals surface area contributed by atoms with E-state index in [9.17, 15) is 9.59 Å². The van der Waals surface area contributed by atoms with Gasteiger partial charge in [0.1, 0.15) is 6.61 Å². The van der Waals surface area contributed by atoms with Crippen LogP contribution in [0.25, 0.3) is 6.08 Å². The van der Waals surface area contributed by atoms with Crippen LogP contribution in [0, 0.1) is 6.92 Å². The Labute approximate surface area is 211 Å². The van der Waals surface area contributed by atoms with E-state index >= 15 is 0 Å². The van der Waals surface area contributed by atoms with Crippen LogP contribution in [0.3, 0.4) is 0 Å². The number of hydrogen-bond donors (Lipinski definition) is 0. The lowest BCUT2D eigenvalue weighted by Gasteiger charge is -2.13. The van der Waals surface area contributed by atoms with Crippen molar-refractivity contribution in [1.82, 2.24) is 4.90 Å². The van der Waals surface area contributed by atoms with Gasteiger partial charge in [-0.1, -0.05) is 76.8 Å². The average molecular weight is 519 g/mol. The van der Waals surface area contributed by atoms with Gasteiger partial charge in [0.05, 0.1) is 21.5 Å². The van der Waals surface area contributed by atoms with Crippen LogP contribution >= 0.6 is 46.6 Å². The number of thioether (sulfide) groups is 1. The molecule has 8 heteroatoms. The third kappa shape index (κ3) is 5.74. The van der Waals surface area contributed by atoms with Crippen LogP contribution in [0.5, 0.6) is 5.75 Å². The summed E-state index contributed by atoms with van der Waals surface area (Å²) in [6, 6.07) is 18.3. The molecular weight excluding hydrogens is 501 g/mol. The number of carbonyl (C=O) groups is 2. The van der Waals surface area contributed by atoms with E-state index < -0.39 is 0 Å². The van der Waals surface area contributed by atoms with Gasteiger partial charge in [0.2, 0.25) is 0 Å². The number of carbonyl (C=O) groups excluding carboxylic acids is 2. The third-order valence-electron chi connectivity index (χ3n) is 4.89. The Bertz CT molecular complexity index is 1250. The first-order chi connectivity index (χ1) is 15.8. The molecule has 1 fully saturated rings. The maximum atomic E-state index is 12.8. The van der Waals surface area contributed by atoms with Crippen LogP contribution in [-0.4, -0.2) is 16.0 Å². The predicted molar refractivity (Wildman–Crippen MR) is 135 cm³/mol. The summed E-state index contributed by atoms with van der Waals surface area (Å²) < 4.78 is 5.84. The van der Waals surface area contributed by atoms with Gasteiger partial charge in [-0.2, -0.15) is 0 Å². The van der Waals surface area contributed by atoms with Gasteiger partial charge in [-0.25, -0.2) is 0 Å². The molecular formula is C25H18Cl3NO3S. The lowest BCUT2D eigenvalue weighted by atomic mass is 10.1. The Morgan fingerprint density at radius 3 is 2.33 bits per heavy atom. The topological polar surface area (TPSA) is 46.6 Å². The van der Waals surface area contributed by atoms with E-state index in [1.807, 2.05) is 37.3 Å². The quantitative estimate of drug-likeness (QED) is 0.313. The van der Waals surface area contributed by atoms with Crippen molar-refractivity contribution in [3.8, 4) is 5.75 Å². The SMILES string of the molecule is Cc1cccc(COc2c(Cl)cc(/C=C3\SC(=O)N(Cc4cccc(Cl)c4)C3=O)cc2Cl)c1. The van der Waals surface area contributed by atoms with Crippen molar-refractivity contribution in [2.24, 2.45) is 0 Å². The summed E-state index contributed by atoms with van der Waals surface area (Å²) in [4.78, 5) is 26.7. The summed E-state index contributed by atoms with van der Waals surface area (Å²) >= 11 is 19.7. The Morgan fingerprint density at radius 1 is 0.939 bits per heavy atom. The molecule has 0 bridgehead atoms. The number of imide groups is 1. The monoisotopic (exact) mass is 517 g/mol. The van der Waals surface area contributed by atoms with E-state index in [1.54, 1.807) is 36.4 Å². The molecule has 0 atom stereocenters. The number of aryl methyl sites for hydroxylation is 1. The standard InChI is InChI=1S/C25H18Cl3NO3S/c1-15-4-2-6-17(8-15)14-32-23-20(27)10-18(11-21(23)28)12-22-24(30)29(25(31)33-22)13-16-5-3-7-19(26)9-16/h2-12H,13-14H2,1H3/b22-12-. The average Bonchev–Trinajstić information content (AvgIpc) is 3.00. The molecule has 0 spiro atoms. The fraction of sp³-hybridized carbons (Fsp3) is 0.120. The third-order valence-corrected chi connectivity index (χ3v) is 6.59.